The zero-order valence-electron chi connectivity index (χ0n) is 12.4. The molecule has 0 unspecified atom stereocenters. The Morgan fingerprint density at radius 1 is 1.19 bits per heavy atom. The first kappa shape index (κ1) is 16.2. The van der Waals surface area contributed by atoms with Gasteiger partial charge in [-0.25, -0.2) is 0 Å². The van der Waals surface area contributed by atoms with Crippen molar-refractivity contribution in [1.29, 1.82) is 0 Å². The highest BCUT2D eigenvalue weighted by Gasteiger charge is 2.09. The quantitative estimate of drug-likeness (QED) is 0.725. The first-order valence-electron chi connectivity index (χ1n) is 7.04. The number of methoxy groups -OCH3 is 1. The minimum absolute atomic E-state index is 0.790. The Kier molecular flexibility index (Phi) is 6.43. The Balaban J connectivity index is 2.21. The van der Waals surface area contributed by atoms with Crippen molar-refractivity contribution in [3.63, 3.8) is 0 Å². The molecule has 0 saturated carbocycles. The van der Waals surface area contributed by atoms with Crippen molar-refractivity contribution in [3.8, 4) is 5.75 Å². The molecule has 0 fully saturated rings. The summed E-state index contributed by atoms with van der Waals surface area (Å²) in [5.74, 6) is 0.859. The number of rotatable bonds is 7. The molecule has 0 atom stereocenters. The molecule has 4 heteroatoms. The smallest absolute Gasteiger partial charge is 0.119 e. The van der Waals surface area contributed by atoms with Crippen LogP contribution in [0.3, 0.4) is 0 Å². The first-order valence-corrected chi connectivity index (χ1v) is 8.24. The molecule has 2 nitrogen and oxygen atoms in total. The fourth-order valence-corrected chi connectivity index (χ4v) is 3.29. The van der Waals surface area contributed by atoms with Crippen LogP contribution in [0.4, 0.5) is 0 Å². The van der Waals surface area contributed by atoms with Crippen molar-refractivity contribution < 1.29 is 4.74 Å². The van der Waals surface area contributed by atoms with Crippen LogP contribution in [0, 0.1) is 0 Å². The maximum absolute atomic E-state index is 6.39. The van der Waals surface area contributed by atoms with Gasteiger partial charge in [-0.1, -0.05) is 48.5 Å². The third kappa shape index (κ3) is 4.67. The van der Waals surface area contributed by atoms with Gasteiger partial charge >= 0.3 is 0 Å². The molecule has 2 rings (SSSR count). The highest BCUT2D eigenvalue weighted by molar-refractivity contribution is 7.99. The average Bonchev–Trinajstić information content (AvgIpc) is 2.51. The summed E-state index contributed by atoms with van der Waals surface area (Å²) in [7, 11) is 1.68. The average molecular weight is 322 g/mol. The minimum Gasteiger partial charge on any atom is -0.497 e. The van der Waals surface area contributed by atoms with Crippen LogP contribution in [0.25, 0.3) is 0 Å². The largest absolute Gasteiger partial charge is 0.497 e. The second-order valence-corrected chi connectivity index (χ2v) is 6.18. The van der Waals surface area contributed by atoms with Crippen LogP contribution in [0.15, 0.2) is 52.3 Å². The van der Waals surface area contributed by atoms with E-state index in [1.165, 1.54) is 5.56 Å². The van der Waals surface area contributed by atoms with Crippen molar-refractivity contribution >= 4 is 23.4 Å². The second-order valence-electron chi connectivity index (χ2n) is 4.69. The van der Waals surface area contributed by atoms with Crippen molar-refractivity contribution in [1.82, 2.24) is 5.32 Å². The molecular formula is C17H20ClNOS. The van der Waals surface area contributed by atoms with Gasteiger partial charge in [0, 0.05) is 16.3 Å². The van der Waals surface area contributed by atoms with E-state index in [0.717, 1.165) is 40.1 Å². The highest BCUT2D eigenvalue weighted by Crippen LogP contribution is 2.37. The molecule has 0 amide bonds. The Labute approximate surface area is 135 Å². The van der Waals surface area contributed by atoms with Gasteiger partial charge < -0.3 is 10.1 Å². The lowest BCUT2D eigenvalue weighted by Crippen LogP contribution is -2.14. The lowest BCUT2D eigenvalue weighted by atomic mass is 10.2. The van der Waals surface area contributed by atoms with Gasteiger partial charge in [-0.05, 0) is 42.8 Å². The van der Waals surface area contributed by atoms with E-state index in [1.54, 1.807) is 18.9 Å². The maximum atomic E-state index is 6.39. The molecule has 0 aliphatic rings. The van der Waals surface area contributed by atoms with Crippen molar-refractivity contribution in [3.05, 3.63) is 53.1 Å². The van der Waals surface area contributed by atoms with Crippen LogP contribution in [-0.4, -0.2) is 13.7 Å². The van der Waals surface area contributed by atoms with E-state index in [4.69, 9.17) is 16.3 Å². The summed E-state index contributed by atoms with van der Waals surface area (Å²) in [5, 5.41) is 4.22. The van der Waals surface area contributed by atoms with Crippen molar-refractivity contribution in [2.45, 2.75) is 29.7 Å². The summed E-state index contributed by atoms with van der Waals surface area (Å²) in [6.07, 6.45) is 1.12. The standard InChI is InChI=1S/C17H20ClNOS/c1-3-10-19-12-13-6-4-9-16(18)17(13)21-15-8-5-7-14(11-15)20-2/h4-9,11,19H,3,10,12H2,1-2H3. The van der Waals surface area contributed by atoms with Crippen LogP contribution in [0.2, 0.25) is 5.02 Å². The third-order valence-corrected chi connectivity index (χ3v) is 4.65. The number of ether oxygens (including phenoxy) is 1. The monoisotopic (exact) mass is 321 g/mol. The van der Waals surface area contributed by atoms with E-state index >= 15 is 0 Å². The molecular weight excluding hydrogens is 302 g/mol. The van der Waals surface area contributed by atoms with Gasteiger partial charge in [0.05, 0.1) is 12.1 Å². The number of benzene rings is 2. The molecule has 0 bridgehead atoms. The van der Waals surface area contributed by atoms with Gasteiger partial charge in [-0.3, -0.25) is 0 Å². The second kappa shape index (κ2) is 8.32. The van der Waals surface area contributed by atoms with Gasteiger partial charge in [-0.15, -0.1) is 0 Å². The van der Waals surface area contributed by atoms with E-state index < -0.39 is 0 Å². The van der Waals surface area contributed by atoms with Crippen molar-refractivity contribution in [2.24, 2.45) is 0 Å². The summed E-state index contributed by atoms with van der Waals surface area (Å²) in [6, 6.07) is 14.1. The molecule has 0 heterocycles. The number of nitrogens with one attached hydrogen (secondary N) is 1. The number of hydrogen-bond donors (Lipinski definition) is 1. The zero-order chi connectivity index (χ0) is 15.1. The van der Waals surface area contributed by atoms with Crippen molar-refractivity contribution in [2.75, 3.05) is 13.7 Å². The molecule has 112 valence electrons. The van der Waals surface area contributed by atoms with Crippen LogP contribution in [-0.2, 0) is 6.54 Å². The zero-order valence-corrected chi connectivity index (χ0v) is 13.9. The number of halogens is 1. The highest BCUT2D eigenvalue weighted by atomic mass is 35.5. The topological polar surface area (TPSA) is 21.3 Å². The van der Waals surface area contributed by atoms with E-state index in [9.17, 15) is 0 Å². The van der Waals surface area contributed by atoms with Crippen LogP contribution < -0.4 is 10.1 Å². The Morgan fingerprint density at radius 2 is 2.00 bits per heavy atom. The van der Waals surface area contributed by atoms with Gasteiger partial charge in [0.15, 0.2) is 0 Å². The number of hydrogen-bond acceptors (Lipinski definition) is 3. The molecule has 0 saturated heterocycles. The van der Waals surface area contributed by atoms with Crippen LogP contribution in [0.1, 0.15) is 18.9 Å². The summed E-state index contributed by atoms with van der Waals surface area (Å²) < 4.78 is 5.27. The van der Waals surface area contributed by atoms with Gasteiger partial charge in [-0.2, -0.15) is 0 Å². The van der Waals surface area contributed by atoms with Gasteiger partial charge in [0.2, 0.25) is 0 Å². The third-order valence-electron chi connectivity index (χ3n) is 3.05. The summed E-state index contributed by atoms with van der Waals surface area (Å²) in [5.41, 5.74) is 1.23. The van der Waals surface area contributed by atoms with E-state index in [2.05, 4.69) is 24.4 Å². The van der Waals surface area contributed by atoms with Gasteiger partial charge in [0.25, 0.3) is 0 Å². The fraction of sp³-hybridized carbons (Fsp3) is 0.294. The Bertz CT molecular complexity index is 589. The summed E-state index contributed by atoms with van der Waals surface area (Å²) in [4.78, 5) is 2.23. The molecule has 21 heavy (non-hydrogen) atoms. The summed E-state index contributed by atoms with van der Waals surface area (Å²) >= 11 is 8.06. The normalized spacial score (nSPS) is 10.6. The van der Waals surface area contributed by atoms with E-state index in [1.807, 2.05) is 30.3 Å². The molecule has 0 aliphatic carbocycles. The molecule has 0 spiro atoms. The molecule has 0 aliphatic heterocycles. The van der Waals surface area contributed by atoms with E-state index in [-0.39, 0.29) is 0 Å². The molecule has 1 N–H and O–H groups in total. The van der Waals surface area contributed by atoms with Crippen LogP contribution in [0.5, 0.6) is 5.75 Å². The maximum Gasteiger partial charge on any atom is 0.119 e. The van der Waals surface area contributed by atoms with Crippen LogP contribution >= 0.6 is 23.4 Å². The fourth-order valence-electron chi connectivity index (χ4n) is 1.99. The molecule has 2 aromatic rings. The first-order chi connectivity index (χ1) is 10.2. The lowest BCUT2D eigenvalue weighted by molar-refractivity contribution is 0.413. The molecule has 2 aromatic carbocycles. The SMILES string of the molecule is CCCNCc1cccc(Cl)c1Sc1cccc(OC)c1. The lowest BCUT2D eigenvalue weighted by Gasteiger charge is -2.12. The molecule has 0 radical (unpaired) electrons. The summed E-state index contributed by atoms with van der Waals surface area (Å²) in [6.45, 7) is 4.01. The van der Waals surface area contributed by atoms with Gasteiger partial charge in [0.1, 0.15) is 5.75 Å². The predicted octanol–water partition coefficient (Wildman–Crippen LogP) is 5.00. The Morgan fingerprint density at radius 3 is 2.76 bits per heavy atom. The molecule has 0 aromatic heterocycles. The Hall–Kier alpha value is -1.16. The minimum atomic E-state index is 0.790. The van der Waals surface area contributed by atoms with E-state index in [0.29, 0.717) is 0 Å². The predicted molar refractivity (Wildman–Crippen MR) is 90.6 cm³/mol.